The number of imide groups is 1. The SMILES string of the molecule is C[C@@H](NC(=O)CN1C(=O)CN(C)C1=O)C(=O)OC(C)(C)C. The normalized spacial score (nSPS) is 17.0. The predicted octanol–water partition coefficient (Wildman–Crippen LogP) is -0.273. The van der Waals surface area contributed by atoms with Crippen LogP contribution in [0.25, 0.3) is 0 Å². The summed E-state index contributed by atoms with van der Waals surface area (Å²) in [6, 6.07) is -1.39. The van der Waals surface area contributed by atoms with E-state index in [0.29, 0.717) is 0 Å². The first kappa shape index (κ1) is 16.9. The number of carbonyl (C=O) groups excluding carboxylic acids is 4. The van der Waals surface area contributed by atoms with Crippen molar-refractivity contribution in [2.24, 2.45) is 0 Å². The molecule has 0 spiro atoms. The van der Waals surface area contributed by atoms with E-state index in [0.717, 1.165) is 4.90 Å². The summed E-state index contributed by atoms with van der Waals surface area (Å²) in [6.45, 7) is 6.18. The first-order chi connectivity index (χ1) is 9.51. The molecule has 1 atom stereocenters. The van der Waals surface area contributed by atoms with E-state index in [1.807, 2.05) is 0 Å². The topological polar surface area (TPSA) is 96.0 Å². The molecule has 0 bridgehead atoms. The Morgan fingerprint density at radius 3 is 2.33 bits per heavy atom. The Morgan fingerprint density at radius 2 is 1.90 bits per heavy atom. The smallest absolute Gasteiger partial charge is 0.328 e. The van der Waals surface area contributed by atoms with Crippen molar-refractivity contribution < 1.29 is 23.9 Å². The molecule has 4 amide bonds. The molecule has 1 aliphatic heterocycles. The second-order valence-corrected chi connectivity index (χ2v) is 5.94. The lowest BCUT2D eigenvalue weighted by Gasteiger charge is -2.23. The maximum absolute atomic E-state index is 11.8. The van der Waals surface area contributed by atoms with Crippen LogP contribution in [0.4, 0.5) is 4.79 Å². The van der Waals surface area contributed by atoms with Crippen LogP contribution in [0, 0.1) is 0 Å². The van der Waals surface area contributed by atoms with Crippen molar-refractivity contribution in [1.29, 1.82) is 0 Å². The minimum atomic E-state index is -0.859. The minimum Gasteiger partial charge on any atom is -0.458 e. The number of carbonyl (C=O) groups is 4. The molecule has 118 valence electrons. The second-order valence-electron chi connectivity index (χ2n) is 5.94. The van der Waals surface area contributed by atoms with Gasteiger partial charge in [-0.15, -0.1) is 0 Å². The van der Waals surface area contributed by atoms with E-state index in [4.69, 9.17) is 4.74 Å². The fourth-order valence-corrected chi connectivity index (χ4v) is 1.70. The highest BCUT2D eigenvalue weighted by molar-refractivity contribution is 6.04. The summed E-state index contributed by atoms with van der Waals surface area (Å²) in [5.41, 5.74) is -0.653. The van der Waals surface area contributed by atoms with Crippen molar-refractivity contribution in [3.63, 3.8) is 0 Å². The molecule has 0 aromatic rings. The largest absolute Gasteiger partial charge is 0.458 e. The number of rotatable bonds is 4. The lowest BCUT2D eigenvalue weighted by Crippen LogP contribution is -2.47. The Balaban J connectivity index is 2.52. The molecular formula is C13H21N3O5. The van der Waals surface area contributed by atoms with Gasteiger partial charge in [-0.05, 0) is 27.7 Å². The van der Waals surface area contributed by atoms with E-state index >= 15 is 0 Å². The van der Waals surface area contributed by atoms with Crippen molar-refractivity contribution in [3.8, 4) is 0 Å². The van der Waals surface area contributed by atoms with E-state index < -0.39 is 42.0 Å². The first-order valence-electron chi connectivity index (χ1n) is 6.59. The Bertz CT molecular complexity index is 469. The third-order valence-corrected chi connectivity index (χ3v) is 2.67. The van der Waals surface area contributed by atoms with Crippen molar-refractivity contribution >= 4 is 23.8 Å². The number of hydrogen-bond donors (Lipinski definition) is 1. The van der Waals surface area contributed by atoms with Gasteiger partial charge in [0.05, 0.1) is 0 Å². The lowest BCUT2D eigenvalue weighted by atomic mass is 10.2. The number of hydrogen-bond acceptors (Lipinski definition) is 5. The van der Waals surface area contributed by atoms with Crippen LogP contribution >= 0.6 is 0 Å². The van der Waals surface area contributed by atoms with Gasteiger partial charge in [0.2, 0.25) is 5.91 Å². The molecule has 1 saturated heterocycles. The molecule has 0 aromatic carbocycles. The third-order valence-electron chi connectivity index (χ3n) is 2.67. The van der Waals surface area contributed by atoms with Crippen LogP contribution in [0.2, 0.25) is 0 Å². The molecule has 0 saturated carbocycles. The Labute approximate surface area is 123 Å². The molecule has 1 fully saturated rings. The predicted molar refractivity (Wildman–Crippen MR) is 73.2 cm³/mol. The van der Waals surface area contributed by atoms with Gasteiger partial charge in [-0.1, -0.05) is 0 Å². The zero-order valence-corrected chi connectivity index (χ0v) is 12.9. The van der Waals surface area contributed by atoms with E-state index in [9.17, 15) is 19.2 Å². The van der Waals surface area contributed by atoms with Crippen molar-refractivity contribution in [3.05, 3.63) is 0 Å². The molecule has 8 heteroatoms. The maximum atomic E-state index is 11.8. The summed E-state index contributed by atoms with van der Waals surface area (Å²) in [5, 5.41) is 2.41. The highest BCUT2D eigenvalue weighted by Crippen LogP contribution is 2.09. The van der Waals surface area contributed by atoms with Gasteiger partial charge in [-0.3, -0.25) is 14.5 Å². The molecule has 0 aliphatic carbocycles. The summed E-state index contributed by atoms with van der Waals surface area (Å²) < 4.78 is 5.12. The Hall–Kier alpha value is -2.12. The van der Waals surface area contributed by atoms with E-state index in [1.165, 1.54) is 18.9 Å². The van der Waals surface area contributed by atoms with Gasteiger partial charge < -0.3 is 15.0 Å². The number of nitrogens with zero attached hydrogens (tertiary/aromatic N) is 2. The van der Waals surface area contributed by atoms with Crippen molar-refractivity contribution in [1.82, 2.24) is 15.1 Å². The number of ether oxygens (including phenoxy) is 1. The number of amides is 4. The zero-order valence-electron chi connectivity index (χ0n) is 12.9. The highest BCUT2D eigenvalue weighted by atomic mass is 16.6. The average molecular weight is 299 g/mol. The molecule has 0 aromatic heterocycles. The number of esters is 1. The summed E-state index contributed by atoms with van der Waals surface area (Å²) in [4.78, 5) is 48.7. The summed E-state index contributed by atoms with van der Waals surface area (Å²) in [7, 11) is 1.47. The van der Waals surface area contributed by atoms with E-state index in [1.54, 1.807) is 20.8 Å². The van der Waals surface area contributed by atoms with Gasteiger partial charge in [-0.2, -0.15) is 0 Å². The molecule has 1 N–H and O–H groups in total. The fraction of sp³-hybridized carbons (Fsp3) is 0.692. The van der Waals surface area contributed by atoms with Gasteiger partial charge in [0, 0.05) is 7.05 Å². The Kier molecular flexibility index (Phi) is 4.93. The lowest BCUT2D eigenvalue weighted by molar-refractivity contribution is -0.158. The van der Waals surface area contributed by atoms with Gasteiger partial charge in [-0.25, -0.2) is 9.59 Å². The van der Waals surface area contributed by atoms with Crippen LogP contribution < -0.4 is 5.32 Å². The number of nitrogens with one attached hydrogen (secondary N) is 1. The second kappa shape index (κ2) is 6.11. The third kappa shape index (κ3) is 4.73. The molecule has 1 aliphatic rings. The summed E-state index contributed by atoms with van der Waals surface area (Å²) in [6.07, 6.45) is 0. The van der Waals surface area contributed by atoms with Crippen LogP contribution in [0.15, 0.2) is 0 Å². The summed E-state index contributed by atoms with van der Waals surface area (Å²) in [5.74, 6) is -1.61. The molecule has 8 nitrogen and oxygen atoms in total. The van der Waals surface area contributed by atoms with Crippen molar-refractivity contribution in [2.45, 2.75) is 39.3 Å². The minimum absolute atomic E-state index is 0.0479. The van der Waals surface area contributed by atoms with Gasteiger partial charge >= 0.3 is 12.0 Å². The van der Waals surface area contributed by atoms with Crippen LogP contribution in [0.3, 0.4) is 0 Å². The monoisotopic (exact) mass is 299 g/mol. The number of urea groups is 1. The standard InChI is InChI=1S/C13H21N3O5/c1-8(11(19)21-13(2,3)4)14-9(17)6-16-10(18)7-15(5)12(16)20/h8H,6-7H2,1-5H3,(H,14,17)/t8-/m1/s1. The van der Waals surface area contributed by atoms with Crippen LogP contribution in [-0.4, -0.2) is 65.4 Å². The van der Waals surface area contributed by atoms with Crippen LogP contribution in [-0.2, 0) is 19.1 Å². The average Bonchev–Trinajstić information content (AvgIpc) is 2.53. The van der Waals surface area contributed by atoms with E-state index in [-0.39, 0.29) is 6.54 Å². The summed E-state index contributed by atoms with van der Waals surface area (Å²) >= 11 is 0. The van der Waals surface area contributed by atoms with Gasteiger partial charge in [0.25, 0.3) is 5.91 Å². The molecular weight excluding hydrogens is 278 g/mol. The number of likely N-dealkylation sites (N-methyl/N-ethyl adjacent to an activating group) is 1. The van der Waals surface area contributed by atoms with E-state index in [2.05, 4.69) is 5.32 Å². The molecule has 1 heterocycles. The maximum Gasteiger partial charge on any atom is 0.328 e. The zero-order chi connectivity index (χ0) is 16.4. The van der Waals surface area contributed by atoms with Crippen LogP contribution in [0.1, 0.15) is 27.7 Å². The van der Waals surface area contributed by atoms with Crippen molar-refractivity contribution in [2.75, 3.05) is 20.1 Å². The highest BCUT2D eigenvalue weighted by Gasteiger charge is 2.35. The van der Waals surface area contributed by atoms with Crippen LogP contribution in [0.5, 0.6) is 0 Å². The molecule has 1 rings (SSSR count). The first-order valence-corrected chi connectivity index (χ1v) is 6.59. The molecule has 0 radical (unpaired) electrons. The fourth-order valence-electron chi connectivity index (χ4n) is 1.70. The van der Waals surface area contributed by atoms with Gasteiger partial charge in [0.1, 0.15) is 24.7 Å². The van der Waals surface area contributed by atoms with Gasteiger partial charge in [0.15, 0.2) is 0 Å². The molecule has 21 heavy (non-hydrogen) atoms. The quantitative estimate of drug-likeness (QED) is 0.569. The Morgan fingerprint density at radius 1 is 1.33 bits per heavy atom. The molecule has 0 unspecified atom stereocenters.